The maximum atomic E-state index is 5.64. The van der Waals surface area contributed by atoms with Gasteiger partial charge in [0.25, 0.3) is 0 Å². The topological polar surface area (TPSA) is 50.9 Å². The molecule has 1 saturated carbocycles. The summed E-state index contributed by atoms with van der Waals surface area (Å²) < 4.78 is 0.943. The molecule has 0 saturated heterocycles. The minimum absolute atomic E-state index is 0.687. The highest BCUT2D eigenvalue weighted by molar-refractivity contribution is 9.10. The van der Waals surface area contributed by atoms with Crippen LogP contribution >= 0.6 is 15.9 Å². The lowest BCUT2D eigenvalue weighted by Crippen LogP contribution is -2.12. The Bertz CT molecular complexity index is 367. The van der Waals surface area contributed by atoms with Crippen LogP contribution in [0.2, 0.25) is 0 Å². The van der Waals surface area contributed by atoms with E-state index in [0.29, 0.717) is 5.69 Å². The van der Waals surface area contributed by atoms with E-state index in [9.17, 15) is 0 Å². The molecule has 0 bridgehead atoms. The van der Waals surface area contributed by atoms with E-state index in [-0.39, 0.29) is 0 Å². The molecule has 1 aromatic heterocycles. The van der Waals surface area contributed by atoms with E-state index >= 15 is 0 Å². The summed E-state index contributed by atoms with van der Waals surface area (Å²) in [6, 6.07) is 1.88. The summed E-state index contributed by atoms with van der Waals surface area (Å²) in [7, 11) is 0. The number of nitrogens with one attached hydrogen (secondary N) is 1. The highest BCUT2D eigenvalue weighted by atomic mass is 79.9. The zero-order valence-corrected chi connectivity index (χ0v) is 11.1. The second kappa shape index (κ2) is 5.04. The van der Waals surface area contributed by atoms with Crippen molar-refractivity contribution in [3.05, 3.63) is 16.7 Å². The van der Waals surface area contributed by atoms with Gasteiger partial charge in [0.15, 0.2) is 0 Å². The molecule has 0 aliphatic heterocycles. The zero-order chi connectivity index (χ0) is 11.5. The predicted octanol–water partition coefficient (Wildman–Crippen LogP) is 3.27. The summed E-state index contributed by atoms with van der Waals surface area (Å²) in [5.74, 6) is 2.57. The molecular weight excluding hydrogens is 266 g/mol. The van der Waals surface area contributed by atoms with Crippen LogP contribution < -0.4 is 11.1 Å². The molecule has 0 radical (unpaired) electrons. The zero-order valence-electron chi connectivity index (χ0n) is 9.54. The van der Waals surface area contributed by atoms with Gasteiger partial charge in [-0.3, -0.25) is 0 Å². The highest BCUT2D eigenvalue weighted by Gasteiger charge is 2.21. The van der Waals surface area contributed by atoms with Crippen molar-refractivity contribution in [3.8, 4) is 0 Å². The fourth-order valence-electron chi connectivity index (χ4n) is 2.33. The molecule has 0 amide bonds. The van der Waals surface area contributed by atoms with Gasteiger partial charge in [-0.2, -0.15) is 0 Å². The van der Waals surface area contributed by atoms with Gasteiger partial charge in [-0.25, -0.2) is 4.98 Å². The van der Waals surface area contributed by atoms with Gasteiger partial charge in [0.05, 0.1) is 16.4 Å². The van der Waals surface area contributed by atoms with Crippen molar-refractivity contribution >= 4 is 27.4 Å². The molecule has 3 nitrogen and oxygen atoms in total. The van der Waals surface area contributed by atoms with Crippen molar-refractivity contribution in [1.82, 2.24) is 4.98 Å². The molecule has 3 N–H and O–H groups in total. The number of nitrogens with zero attached hydrogens (tertiary/aromatic N) is 1. The summed E-state index contributed by atoms with van der Waals surface area (Å²) in [5, 5.41) is 3.39. The molecule has 0 aromatic carbocycles. The minimum Gasteiger partial charge on any atom is -0.397 e. The summed E-state index contributed by atoms with van der Waals surface area (Å²) >= 11 is 3.46. The molecule has 88 valence electrons. The number of pyridine rings is 1. The van der Waals surface area contributed by atoms with Gasteiger partial charge < -0.3 is 11.1 Å². The Balaban J connectivity index is 1.89. The maximum Gasteiger partial charge on any atom is 0.140 e. The summed E-state index contributed by atoms with van der Waals surface area (Å²) in [6.07, 6.45) is 5.72. The monoisotopic (exact) mass is 283 g/mol. The number of aromatic nitrogens is 1. The average molecular weight is 284 g/mol. The van der Waals surface area contributed by atoms with E-state index in [1.54, 1.807) is 6.20 Å². The number of halogens is 1. The standard InChI is InChI=1S/C12H18BrN3/c1-8-2-3-9(4-8)6-15-12-11(13)5-10(14)7-16-12/h5,7-9H,2-4,6,14H2,1H3,(H,15,16). The van der Waals surface area contributed by atoms with Crippen LogP contribution in [-0.2, 0) is 0 Å². The normalized spacial score (nSPS) is 24.6. The van der Waals surface area contributed by atoms with Gasteiger partial charge in [0, 0.05) is 6.54 Å². The third-order valence-electron chi connectivity index (χ3n) is 3.22. The molecule has 2 rings (SSSR count). The number of nitrogens with two attached hydrogens (primary N) is 1. The Kier molecular flexibility index (Phi) is 3.69. The van der Waals surface area contributed by atoms with Gasteiger partial charge in [-0.15, -0.1) is 0 Å². The minimum atomic E-state index is 0.687. The van der Waals surface area contributed by atoms with Crippen LogP contribution in [0, 0.1) is 11.8 Å². The van der Waals surface area contributed by atoms with Crippen molar-refractivity contribution in [3.63, 3.8) is 0 Å². The number of hydrogen-bond acceptors (Lipinski definition) is 3. The first-order valence-corrected chi connectivity index (χ1v) is 6.59. The third-order valence-corrected chi connectivity index (χ3v) is 3.83. The molecular formula is C12H18BrN3. The fourth-order valence-corrected chi connectivity index (χ4v) is 2.84. The Morgan fingerprint density at radius 3 is 3.00 bits per heavy atom. The van der Waals surface area contributed by atoms with Gasteiger partial charge >= 0.3 is 0 Å². The molecule has 1 heterocycles. The number of anilines is 2. The lowest BCUT2D eigenvalue weighted by atomic mass is 10.1. The van der Waals surface area contributed by atoms with Crippen molar-refractivity contribution in [2.45, 2.75) is 26.2 Å². The smallest absolute Gasteiger partial charge is 0.140 e. The Morgan fingerprint density at radius 2 is 2.38 bits per heavy atom. The van der Waals surface area contributed by atoms with Crippen molar-refractivity contribution in [2.24, 2.45) is 11.8 Å². The second-order valence-corrected chi connectivity index (χ2v) is 5.62. The van der Waals surface area contributed by atoms with Gasteiger partial charge in [-0.1, -0.05) is 13.3 Å². The molecule has 16 heavy (non-hydrogen) atoms. The molecule has 0 spiro atoms. The van der Waals surface area contributed by atoms with Crippen molar-refractivity contribution < 1.29 is 0 Å². The fraction of sp³-hybridized carbons (Fsp3) is 0.583. The Hall–Kier alpha value is -0.770. The predicted molar refractivity (Wildman–Crippen MR) is 71.3 cm³/mol. The number of rotatable bonds is 3. The van der Waals surface area contributed by atoms with Gasteiger partial charge in [0.2, 0.25) is 0 Å². The molecule has 1 fully saturated rings. The van der Waals surface area contributed by atoms with Gasteiger partial charge in [0.1, 0.15) is 5.82 Å². The summed E-state index contributed by atoms with van der Waals surface area (Å²) in [6.45, 7) is 3.34. The quantitative estimate of drug-likeness (QED) is 0.895. The van der Waals surface area contributed by atoms with E-state index in [0.717, 1.165) is 28.7 Å². The van der Waals surface area contributed by atoms with Crippen LogP contribution in [0.1, 0.15) is 26.2 Å². The molecule has 2 atom stereocenters. The first-order chi connectivity index (χ1) is 7.65. The average Bonchev–Trinajstić information content (AvgIpc) is 2.63. The molecule has 4 heteroatoms. The van der Waals surface area contributed by atoms with Crippen LogP contribution in [0.15, 0.2) is 16.7 Å². The molecule has 1 aliphatic rings. The first kappa shape index (κ1) is 11.7. The van der Waals surface area contributed by atoms with E-state index in [2.05, 4.69) is 33.2 Å². The largest absolute Gasteiger partial charge is 0.397 e. The van der Waals surface area contributed by atoms with Crippen LogP contribution in [0.5, 0.6) is 0 Å². The molecule has 2 unspecified atom stereocenters. The number of hydrogen-bond donors (Lipinski definition) is 2. The maximum absolute atomic E-state index is 5.64. The summed E-state index contributed by atoms with van der Waals surface area (Å²) in [5.41, 5.74) is 6.33. The summed E-state index contributed by atoms with van der Waals surface area (Å²) in [4.78, 5) is 4.27. The number of nitrogen functional groups attached to an aromatic ring is 1. The van der Waals surface area contributed by atoms with Crippen molar-refractivity contribution in [2.75, 3.05) is 17.6 Å². The van der Waals surface area contributed by atoms with Crippen LogP contribution in [-0.4, -0.2) is 11.5 Å². The molecule has 1 aromatic rings. The SMILES string of the molecule is CC1CCC(CNc2ncc(N)cc2Br)C1. The lowest BCUT2D eigenvalue weighted by molar-refractivity contribution is 0.536. The molecule has 1 aliphatic carbocycles. The Morgan fingerprint density at radius 1 is 1.56 bits per heavy atom. The second-order valence-electron chi connectivity index (χ2n) is 4.76. The highest BCUT2D eigenvalue weighted by Crippen LogP contribution is 2.31. The van der Waals surface area contributed by atoms with Crippen LogP contribution in [0.4, 0.5) is 11.5 Å². The lowest BCUT2D eigenvalue weighted by Gasteiger charge is -2.12. The van der Waals surface area contributed by atoms with Crippen molar-refractivity contribution in [1.29, 1.82) is 0 Å². The van der Waals surface area contributed by atoms with E-state index in [4.69, 9.17) is 5.73 Å². The van der Waals surface area contributed by atoms with E-state index in [1.165, 1.54) is 19.3 Å². The van der Waals surface area contributed by atoms with E-state index < -0.39 is 0 Å². The van der Waals surface area contributed by atoms with E-state index in [1.807, 2.05) is 6.07 Å². The van der Waals surface area contributed by atoms with Crippen LogP contribution in [0.25, 0.3) is 0 Å². The van der Waals surface area contributed by atoms with Gasteiger partial charge in [-0.05, 0) is 46.7 Å². The third kappa shape index (κ3) is 2.88. The Labute approximate surface area is 105 Å². The van der Waals surface area contributed by atoms with Crippen LogP contribution in [0.3, 0.4) is 0 Å². The first-order valence-electron chi connectivity index (χ1n) is 5.80.